The van der Waals surface area contributed by atoms with Gasteiger partial charge in [0.2, 0.25) is 0 Å². The van der Waals surface area contributed by atoms with Crippen LogP contribution in [-0.4, -0.2) is 43.4 Å². The summed E-state index contributed by atoms with van der Waals surface area (Å²) in [7, 11) is 3.94. The molecule has 1 saturated carbocycles. The Morgan fingerprint density at radius 2 is 2.10 bits per heavy atom. The smallest absolute Gasteiger partial charge is 0.119 e. The van der Waals surface area contributed by atoms with Crippen LogP contribution in [0.15, 0.2) is 24.3 Å². The lowest BCUT2D eigenvalue weighted by Gasteiger charge is -2.46. The maximum Gasteiger partial charge on any atom is 0.119 e. The first-order valence-electron chi connectivity index (χ1n) is 7.68. The lowest BCUT2D eigenvalue weighted by molar-refractivity contribution is 0.0142. The van der Waals surface area contributed by atoms with Crippen LogP contribution in [0.4, 0.5) is 0 Å². The topological polar surface area (TPSA) is 32.7 Å². The monoisotopic (exact) mass is 275 g/mol. The Morgan fingerprint density at radius 3 is 2.90 bits per heavy atom. The molecule has 3 rings (SSSR count). The fourth-order valence-electron chi connectivity index (χ4n) is 4.14. The maximum atomic E-state index is 10.0. The summed E-state index contributed by atoms with van der Waals surface area (Å²) in [5.74, 6) is 2.79. The zero-order valence-corrected chi connectivity index (χ0v) is 12.5. The van der Waals surface area contributed by atoms with E-state index in [4.69, 9.17) is 4.74 Å². The van der Waals surface area contributed by atoms with E-state index < -0.39 is 0 Å². The van der Waals surface area contributed by atoms with Crippen LogP contribution in [0.25, 0.3) is 0 Å². The fraction of sp³-hybridized carbons (Fsp3) is 0.647. The molecular formula is C17H25NO2. The lowest BCUT2D eigenvalue weighted by Crippen LogP contribution is -2.46. The van der Waals surface area contributed by atoms with Crippen molar-refractivity contribution in [3.63, 3.8) is 0 Å². The number of fused-ring (bicyclic) bond motifs is 1. The number of piperidine rings is 1. The van der Waals surface area contributed by atoms with Crippen molar-refractivity contribution in [3.05, 3.63) is 29.8 Å². The Labute approximate surface area is 121 Å². The zero-order valence-electron chi connectivity index (χ0n) is 12.5. The number of aliphatic hydroxyl groups is 1. The van der Waals surface area contributed by atoms with Crippen molar-refractivity contribution in [1.82, 2.24) is 4.90 Å². The highest BCUT2D eigenvalue weighted by Gasteiger charge is 2.40. The van der Waals surface area contributed by atoms with Crippen molar-refractivity contribution < 1.29 is 9.84 Å². The molecule has 0 radical (unpaired) electrons. The third kappa shape index (κ3) is 2.70. The van der Waals surface area contributed by atoms with Crippen LogP contribution in [0, 0.1) is 11.8 Å². The van der Waals surface area contributed by atoms with E-state index in [0.717, 1.165) is 37.5 Å². The Kier molecular flexibility index (Phi) is 3.99. The molecule has 0 aromatic heterocycles. The summed E-state index contributed by atoms with van der Waals surface area (Å²) < 4.78 is 5.37. The normalized spacial score (nSPS) is 34.5. The highest BCUT2D eigenvalue weighted by atomic mass is 16.5. The van der Waals surface area contributed by atoms with Crippen molar-refractivity contribution in [2.24, 2.45) is 11.8 Å². The van der Waals surface area contributed by atoms with Crippen LogP contribution in [0.3, 0.4) is 0 Å². The van der Waals surface area contributed by atoms with E-state index in [1.807, 2.05) is 6.07 Å². The molecule has 110 valence electrons. The molecule has 1 saturated heterocycles. The molecule has 4 atom stereocenters. The molecule has 1 aromatic carbocycles. The van der Waals surface area contributed by atoms with Gasteiger partial charge in [0.05, 0.1) is 13.2 Å². The van der Waals surface area contributed by atoms with E-state index in [-0.39, 0.29) is 6.10 Å². The molecule has 1 aliphatic carbocycles. The molecule has 2 aliphatic rings. The Morgan fingerprint density at radius 1 is 1.25 bits per heavy atom. The van der Waals surface area contributed by atoms with E-state index in [9.17, 15) is 5.11 Å². The van der Waals surface area contributed by atoms with Gasteiger partial charge < -0.3 is 14.7 Å². The van der Waals surface area contributed by atoms with Gasteiger partial charge >= 0.3 is 0 Å². The number of rotatable bonds is 2. The molecule has 0 spiro atoms. The fourth-order valence-corrected chi connectivity index (χ4v) is 4.14. The minimum atomic E-state index is -0.104. The Bertz CT molecular complexity index is 462. The molecule has 2 fully saturated rings. The molecular weight excluding hydrogens is 250 g/mol. The molecule has 0 bridgehead atoms. The number of likely N-dealkylation sites (N-methyl/N-ethyl adjacent to an activating group) is 1. The van der Waals surface area contributed by atoms with Crippen LogP contribution in [0.5, 0.6) is 5.75 Å². The SMILES string of the molecule is COc1cccc(C2CN(C)CC3CCC(O)CC32)c1. The van der Waals surface area contributed by atoms with Gasteiger partial charge in [-0.05, 0) is 61.8 Å². The second-order valence-corrected chi connectivity index (χ2v) is 6.50. The summed E-state index contributed by atoms with van der Waals surface area (Å²) >= 11 is 0. The second kappa shape index (κ2) is 5.74. The van der Waals surface area contributed by atoms with Gasteiger partial charge in [-0.15, -0.1) is 0 Å². The molecule has 1 heterocycles. The Balaban J connectivity index is 1.88. The highest BCUT2D eigenvalue weighted by molar-refractivity contribution is 5.32. The quantitative estimate of drug-likeness (QED) is 0.900. The van der Waals surface area contributed by atoms with E-state index in [1.54, 1.807) is 7.11 Å². The number of hydrogen-bond donors (Lipinski definition) is 1. The first-order chi connectivity index (χ1) is 9.67. The predicted octanol–water partition coefficient (Wildman–Crippen LogP) is 2.50. The Hall–Kier alpha value is -1.06. The molecule has 4 unspecified atom stereocenters. The maximum absolute atomic E-state index is 10.0. The summed E-state index contributed by atoms with van der Waals surface area (Å²) in [6.45, 7) is 2.26. The van der Waals surface area contributed by atoms with Crippen molar-refractivity contribution in [3.8, 4) is 5.75 Å². The molecule has 1 aromatic rings. The predicted molar refractivity (Wildman–Crippen MR) is 80.1 cm³/mol. The van der Waals surface area contributed by atoms with Crippen LogP contribution < -0.4 is 4.74 Å². The summed E-state index contributed by atoms with van der Waals surface area (Å²) in [4.78, 5) is 2.45. The van der Waals surface area contributed by atoms with Crippen LogP contribution in [-0.2, 0) is 0 Å². The minimum Gasteiger partial charge on any atom is -0.497 e. The number of ether oxygens (including phenoxy) is 1. The minimum absolute atomic E-state index is 0.104. The number of benzene rings is 1. The molecule has 0 amide bonds. The van der Waals surface area contributed by atoms with Gasteiger partial charge in [0.25, 0.3) is 0 Å². The van der Waals surface area contributed by atoms with Gasteiger partial charge in [0.1, 0.15) is 5.75 Å². The largest absolute Gasteiger partial charge is 0.497 e. The highest BCUT2D eigenvalue weighted by Crippen LogP contribution is 2.44. The first-order valence-corrected chi connectivity index (χ1v) is 7.68. The first kappa shape index (κ1) is 13.9. The van der Waals surface area contributed by atoms with Crippen molar-refractivity contribution in [2.45, 2.75) is 31.3 Å². The summed E-state index contributed by atoms with van der Waals surface area (Å²) in [5, 5.41) is 10.0. The van der Waals surface area contributed by atoms with Crippen molar-refractivity contribution >= 4 is 0 Å². The van der Waals surface area contributed by atoms with Gasteiger partial charge in [-0.3, -0.25) is 0 Å². The number of nitrogens with zero attached hydrogens (tertiary/aromatic N) is 1. The standard InChI is InChI=1S/C17H25NO2/c1-18-10-13-6-7-14(19)9-16(13)17(11-18)12-4-3-5-15(8-12)20-2/h3-5,8,13-14,16-17,19H,6-7,9-11H2,1-2H3. The summed E-state index contributed by atoms with van der Waals surface area (Å²) in [5.41, 5.74) is 1.36. The van der Waals surface area contributed by atoms with E-state index in [0.29, 0.717) is 11.8 Å². The summed E-state index contributed by atoms with van der Waals surface area (Å²) in [6.07, 6.45) is 2.99. The van der Waals surface area contributed by atoms with Crippen molar-refractivity contribution in [1.29, 1.82) is 0 Å². The van der Waals surface area contributed by atoms with Gasteiger partial charge in [-0.1, -0.05) is 12.1 Å². The van der Waals surface area contributed by atoms with Crippen LogP contribution in [0.1, 0.15) is 30.7 Å². The molecule has 3 nitrogen and oxygen atoms in total. The average Bonchev–Trinajstić information content (AvgIpc) is 2.47. The number of hydrogen-bond acceptors (Lipinski definition) is 3. The molecule has 1 aliphatic heterocycles. The molecule has 3 heteroatoms. The van der Waals surface area contributed by atoms with Gasteiger partial charge in [-0.25, -0.2) is 0 Å². The number of likely N-dealkylation sites (tertiary alicyclic amines) is 1. The molecule has 1 N–H and O–H groups in total. The third-order valence-corrected chi connectivity index (χ3v) is 5.11. The number of methoxy groups -OCH3 is 1. The number of aliphatic hydroxyl groups excluding tert-OH is 1. The van der Waals surface area contributed by atoms with Gasteiger partial charge in [0.15, 0.2) is 0 Å². The van der Waals surface area contributed by atoms with E-state index >= 15 is 0 Å². The molecule has 20 heavy (non-hydrogen) atoms. The van der Waals surface area contributed by atoms with Crippen LogP contribution in [0.2, 0.25) is 0 Å². The second-order valence-electron chi connectivity index (χ2n) is 6.50. The average molecular weight is 275 g/mol. The lowest BCUT2D eigenvalue weighted by atomic mass is 9.67. The van der Waals surface area contributed by atoms with Gasteiger partial charge in [0, 0.05) is 13.1 Å². The van der Waals surface area contributed by atoms with Gasteiger partial charge in [-0.2, -0.15) is 0 Å². The van der Waals surface area contributed by atoms with E-state index in [1.165, 1.54) is 12.1 Å². The van der Waals surface area contributed by atoms with Crippen molar-refractivity contribution in [2.75, 3.05) is 27.2 Å². The zero-order chi connectivity index (χ0) is 14.1. The third-order valence-electron chi connectivity index (χ3n) is 5.11. The summed E-state index contributed by atoms with van der Waals surface area (Å²) in [6, 6.07) is 8.46. The van der Waals surface area contributed by atoms with Crippen LogP contribution >= 0.6 is 0 Å². The van der Waals surface area contributed by atoms with E-state index in [2.05, 4.69) is 30.1 Å².